The van der Waals surface area contributed by atoms with Crippen LogP contribution in [0.2, 0.25) is 0 Å². The zero-order valence-corrected chi connectivity index (χ0v) is 13.2. The second kappa shape index (κ2) is 8.06. The molecule has 1 fully saturated rings. The number of carbonyl (C=O) groups is 1. The summed E-state index contributed by atoms with van der Waals surface area (Å²) in [5, 5.41) is 2.69. The summed E-state index contributed by atoms with van der Waals surface area (Å²) in [6, 6.07) is 5.36. The van der Waals surface area contributed by atoms with Crippen molar-refractivity contribution in [3.05, 3.63) is 18.2 Å². The van der Waals surface area contributed by atoms with E-state index in [0.29, 0.717) is 30.5 Å². The zero-order valence-electron chi connectivity index (χ0n) is 13.2. The molecule has 1 N–H and O–H groups in total. The van der Waals surface area contributed by atoms with Crippen LogP contribution < -0.4 is 19.5 Å². The molecular weight excluding hydrogens is 298 g/mol. The van der Waals surface area contributed by atoms with E-state index in [4.69, 9.17) is 18.9 Å². The van der Waals surface area contributed by atoms with E-state index < -0.39 is 0 Å². The van der Waals surface area contributed by atoms with Crippen LogP contribution >= 0.6 is 0 Å². The fourth-order valence-corrected chi connectivity index (χ4v) is 2.79. The maximum atomic E-state index is 11.7. The topological polar surface area (TPSA) is 66.0 Å². The van der Waals surface area contributed by atoms with Gasteiger partial charge in [-0.3, -0.25) is 4.79 Å². The van der Waals surface area contributed by atoms with E-state index in [-0.39, 0.29) is 25.3 Å². The minimum absolute atomic E-state index is 0.0924. The molecule has 0 saturated heterocycles. The third kappa shape index (κ3) is 4.76. The largest absolute Gasteiger partial charge is 0.486 e. The molecule has 1 aliphatic carbocycles. The summed E-state index contributed by atoms with van der Waals surface area (Å²) in [4.78, 5) is 11.7. The highest BCUT2D eigenvalue weighted by Crippen LogP contribution is 2.33. The Balaban J connectivity index is 1.36. The molecule has 6 heteroatoms. The Morgan fingerprint density at radius 1 is 1.13 bits per heavy atom. The van der Waals surface area contributed by atoms with Crippen LogP contribution in [0.3, 0.4) is 0 Å². The molecule has 1 saturated carbocycles. The summed E-state index contributed by atoms with van der Waals surface area (Å²) >= 11 is 0. The van der Waals surface area contributed by atoms with Gasteiger partial charge in [-0.25, -0.2) is 0 Å². The van der Waals surface area contributed by atoms with Crippen molar-refractivity contribution in [1.29, 1.82) is 0 Å². The van der Waals surface area contributed by atoms with Gasteiger partial charge in [0.15, 0.2) is 18.2 Å². The van der Waals surface area contributed by atoms with Gasteiger partial charge in [0.1, 0.15) is 25.6 Å². The van der Waals surface area contributed by atoms with E-state index in [1.807, 2.05) is 0 Å². The predicted octanol–water partition coefficient (Wildman–Crippen LogP) is 2.26. The average molecular weight is 321 g/mol. The normalized spacial score (nSPS) is 17.6. The summed E-state index contributed by atoms with van der Waals surface area (Å²) in [6.45, 7) is 1.29. The fourth-order valence-electron chi connectivity index (χ4n) is 2.79. The van der Waals surface area contributed by atoms with Gasteiger partial charge in [0.25, 0.3) is 0 Å². The molecule has 0 unspecified atom stereocenters. The summed E-state index contributed by atoms with van der Waals surface area (Å²) in [5.41, 5.74) is 0. The first-order chi connectivity index (χ1) is 11.3. The molecule has 1 amide bonds. The van der Waals surface area contributed by atoms with Crippen LogP contribution in [-0.2, 0) is 9.53 Å². The van der Waals surface area contributed by atoms with Crippen LogP contribution in [0.5, 0.6) is 17.2 Å². The van der Waals surface area contributed by atoms with Gasteiger partial charge in [-0.05, 0) is 25.0 Å². The summed E-state index contributed by atoms with van der Waals surface area (Å²) in [6.07, 6.45) is 6.00. The van der Waals surface area contributed by atoms with Gasteiger partial charge in [0.05, 0.1) is 6.10 Å². The third-order valence-corrected chi connectivity index (χ3v) is 4.02. The predicted molar refractivity (Wildman–Crippen MR) is 83.9 cm³/mol. The van der Waals surface area contributed by atoms with Crippen LogP contribution in [-0.4, -0.2) is 38.6 Å². The number of rotatable bonds is 6. The van der Waals surface area contributed by atoms with Crippen molar-refractivity contribution in [2.75, 3.05) is 26.6 Å². The molecule has 0 bridgehead atoms. The standard InChI is InChI=1S/C17H23NO5/c19-17(11-22-13-4-2-1-3-5-13)18-12-23-14-6-7-15-16(10-14)21-9-8-20-15/h6-7,10,13H,1-5,8-9,11-12H2,(H,18,19). The number of amides is 1. The minimum atomic E-state index is -0.159. The second-order valence-electron chi connectivity index (χ2n) is 5.77. The van der Waals surface area contributed by atoms with Crippen molar-refractivity contribution in [3.8, 4) is 17.2 Å². The number of hydrogen-bond acceptors (Lipinski definition) is 5. The van der Waals surface area contributed by atoms with Crippen molar-refractivity contribution in [2.24, 2.45) is 0 Å². The molecule has 3 rings (SSSR count). The van der Waals surface area contributed by atoms with E-state index in [0.717, 1.165) is 12.8 Å². The Hall–Kier alpha value is -1.95. The molecular formula is C17H23NO5. The van der Waals surface area contributed by atoms with Crippen molar-refractivity contribution in [3.63, 3.8) is 0 Å². The van der Waals surface area contributed by atoms with Gasteiger partial charge in [-0.15, -0.1) is 0 Å². The van der Waals surface area contributed by atoms with E-state index in [1.165, 1.54) is 19.3 Å². The summed E-state index contributed by atoms with van der Waals surface area (Å²) < 4.78 is 22.1. The molecule has 6 nitrogen and oxygen atoms in total. The SMILES string of the molecule is O=C(COC1CCCCC1)NCOc1ccc2c(c1)OCCO2. The first-order valence-corrected chi connectivity index (χ1v) is 8.22. The van der Waals surface area contributed by atoms with Gasteiger partial charge >= 0.3 is 0 Å². The van der Waals surface area contributed by atoms with E-state index >= 15 is 0 Å². The number of nitrogens with one attached hydrogen (secondary N) is 1. The maximum absolute atomic E-state index is 11.7. The molecule has 1 aliphatic heterocycles. The number of hydrogen-bond donors (Lipinski definition) is 1. The van der Waals surface area contributed by atoms with E-state index in [9.17, 15) is 4.79 Å². The van der Waals surface area contributed by atoms with Gasteiger partial charge in [0.2, 0.25) is 5.91 Å². The summed E-state index contributed by atoms with van der Waals surface area (Å²) in [7, 11) is 0. The van der Waals surface area contributed by atoms with Crippen molar-refractivity contribution >= 4 is 5.91 Å². The van der Waals surface area contributed by atoms with E-state index in [1.54, 1.807) is 18.2 Å². The molecule has 0 spiro atoms. The van der Waals surface area contributed by atoms with Crippen molar-refractivity contribution in [2.45, 2.75) is 38.2 Å². The minimum Gasteiger partial charge on any atom is -0.486 e. The van der Waals surface area contributed by atoms with E-state index in [2.05, 4.69) is 5.32 Å². The number of carbonyl (C=O) groups excluding carboxylic acids is 1. The van der Waals surface area contributed by atoms with Crippen LogP contribution in [0.4, 0.5) is 0 Å². The molecule has 1 aromatic carbocycles. The fraction of sp³-hybridized carbons (Fsp3) is 0.588. The smallest absolute Gasteiger partial charge is 0.248 e. The summed E-state index contributed by atoms with van der Waals surface area (Å²) in [5.74, 6) is 1.85. The Bertz CT molecular complexity index is 528. The molecule has 0 radical (unpaired) electrons. The maximum Gasteiger partial charge on any atom is 0.248 e. The lowest BCUT2D eigenvalue weighted by Crippen LogP contribution is -2.33. The number of fused-ring (bicyclic) bond motifs is 1. The van der Waals surface area contributed by atoms with Gasteiger partial charge in [-0.2, -0.15) is 0 Å². The van der Waals surface area contributed by atoms with Gasteiger partial charge in [-0.1, -0.05) is 19.3 Å². The Morgan fingerprint density at radius 2 is 1.91 bits per heavy atom. The first-order valence-electron chi connectivity index (χ1n) is 8.22. The first kappa shape index (κ1) is 15.9. The lowest BCUT2D eigenvalue weighted by atomic mass is 9.98. The molecule has 23 heavy (non-hydrogen) atoms. The second-order valence-corrected chi connectivity index (χ2v) is 5.77. The van der Waals surface area contributed by atoms with Gasteiger partial charge in [0, 0.05) is 6.07 Å². The highest BCUT2D eigenvalue weighted by Gasteiger charge is 2.15. The highest BCUT2D eigenvalue weighted by atomic mass is 16.6. The Morgan fingerprint density at radius 3 is 2.74 bits per heavy atom. The van der Waals surface area contributed by atoms with Crippen molar-refractivity contribution in [1.82, 2.24) is 5.32 Å². The highest BCUT2D eigenvalue weighted by molar-refractivity contribution is 5.77. The molecule has 0 atom stereocenters. The van der Waals surface area contributed by atoms with Crippen LogP contribution in [0, 0.1) is 0 Å². The molecule has 126 valence electrons. The monoisotopic (exact) mass is 321 g/mol. The molecule has 2 aliphatic rings. The Kier molecular flexibility index (Phi) is 5.58. The third-order valence-electron chi connectivity index (χ3n) is 4.02. The lowest BCUT2D eigenvalue weighted by Gasteiger charge is -2.21. The zero-order chi connectivity index (χ0) is 15.9. The quantitative estimate of drug-likeness (QED) is 0.814. The van der Waals surface area contributed by atoms with Gasteiger partial charge < -0.3 is 24.3 Å². The van der Waals surface area contributed by atoms with Crippen molar-refractivity contribution < 1.29 is 23.7 Å². The molecule has 0 aromatic heterocycles. The van der Waals surface area contributed by atoms with Crippen LogP contribution in [0.15, 0.2) is 18.2 Å². The number of benzene rings is 1. The Labute approximate surface area is 136 Å². The average Bonchev–Trinajstić information content (AvgIpc) is 2.61. The number of ether oxygens (including phenoxy) is 4. The van der Waals surface area contributed by atoms with Crippen LogP contribution in [0.25, 0.3) is 0 Å². The lowest BCUT2D eigenvalue weighted by molar-refractivity contribution is -0.129. The van der Waals surface area contributed by atoms with Crippen LogP contribution in [0.1, 0.15) is 32.1 Å². The molecule has 1 heterocycles. The molecule has 1 aromatic rings.